The third kappa shape index (κ3) is 4.15. The minimum Gasteiger partial charge on any atom is -0.122 e. The molecule has 0 saturated heterocycles. The van der Waals surface area contributed by atoms with Crippen LogP contribution in [0.25, 0.3) is 0 Å². The molecule has 1 aliphatic carbocycles. The Hall–Kier alpha value is 1.51. The summed E-state index contributed by atoms with van der Waals surface area (Å²) in [6.45, 7) is 0. The Morgan fingerprint density at radius 2 is 1.67 bits per heavy atom. The Bertz CT molecular complexity index is 145. The molecule has 0 aromatic rings. The average molecular weight is 268 g/mol. The van der Waals surface area contributed by atoms with E-state index in [0.717, 1.165) is 12.8 Å². The zero-order chi connectivity index (χ0) is 9.19. The van der Waals surface area contributed by atoms with Crippen molar-refractivity contribution in [1.29, 1.82) is 0 Å². The van der Waals surface area contributed by atoms with Gasteiger partial charge in [0.1, 0.15) is 0 Å². The zero-order valence-corrected chi connectivity index (χ0v) is 10.2. The highest BCUT2D eigenvalue weighted by atomic mass is 35.6. The van der Waals surface area contributed by atoms with Crippen molar-refractivity contribution in [2.24, 2.45) is 0 Å². The van der Waals surface area contributed by atoms with Gasteiger partial charge in [0.15, 0.2) is 0 Å². The van der Waals surface area contributed by atoms with Gasteiger partial charge in [0, 0.05) is 10.6 Å². The number of hydrogen-bond acceptors (Lipinski definition) is 1. The van der Waals surface area contributed by atoms with Gasteiger partial charge in [-0.05, 0) is 12.8 Å². The number of halogens is 4. The van der Waals surface area contributed by atoms with Gasteiger partial charge in [-0.1, -0.05) is 47.6 Å². The molecular weight excluding hydrogens is 258 g/mol. The van der Waals surface area contributed by atoms with E-state index in [0.29, 0.717) is 5.25 Å². The van der Waals surface area contributed by atoms with Crippen LogP contribution in [0.1, 0.15) is 25.7 Å². The topological polar surface area (TPSA) is 0 Å². The lowest BCUT2D eigenvalue weighted by atomic mass is 10.00. The predicted molar refractivity (Wildman–Crippen MR) is 59.8 cm³/mol. The second-order valence-corrected chi connectivity index (χ2v) is 7.87. The van der Waals surface area contributed by atoms with E-state index in [1.807, 2.05) is 0 Å². The second kappa shape index (κ2) is 4.84. The van der Waals surface area contributed by atoms with Crippen LogP contribution in [0.4, 0.5) is 0 Å². The van der Waals surface area contributed by atoms with E-state index >= 15 is 0 Å². The molecule has 1 fully saturated rings. The van der Waals surface area contributed by atoms with Crippen molar-refractivity contribution in [3.8, 4) is 0 Å². The van der Waals surface area contributed by atoms with Crippen molar-refractivity contribution in [3.63, 3.8) is 0 Å². The maximum Gasteiger partial charge on any atom is 0.237 e. The van der Waals surface area contributed by atoms with Crippen molar-refractivity contribution in [3.05, 3.63) is 0 Å². The van der Waals surface area contributed by atoms with Gasteiger partial charge in [-0.15, -0.1) is 23.4 Å². The molecule has 0 radical (unpaired) electrons. The molecule has 0 amide bonds. The van der Waals surface area contributed by atoms with Crippen LogP contribution < -0.4 is 0 Å². The van der Waals surface area contributed by atoms with Gasteiger partial charge >= 0.3 is 0 Å². The van der Waals surface area contributed by atoms with E-state index in [1.165, 1.54) is 24.6 Å². The summed E-state index contributed by atoms with van der Waals surface area (Å²) in [5.41, 5.74) is 0. The Kier molecular flexibility index (Phi) is 4.67. The number of hydrogen-bond donors (Lipinski definition) is 0. The van der Waals surface area contributed by atoms with Crippen LogP contribution in [0.2, 0.25) is 0 Å². The molecule has 0 nitrogen and oxygen atoms in total. The van der Waals surface area contributed by atoms with Crippen LogP contribution in [-0.4, -0.2) is 13.8 Å². The second-order valence-electron chi connectivity index (χ2n) is 2.90. The van der Waals surface area contributed by atoms with Crippen LogP contribution >= 0.6 is 58.2 Å². The molecule has 0 heterocycles. The first kappa shape index (κ1) is 11.6. The molecule has 2 atom stereocenters. The summed E-state index contributed by atoms with van der Waals surface area (Å²) in [4.78, 5) is 0. The first-order valence-corrected chi connectivity index (χ1v) is 6.32. The van der Waals surface area contributed by atoms with Crippen molar-refractivity contribution >= 4 is 58.2 Å². The Morgan fingerprint density at radius 3 is 2.17 bits per heavy atom. The maximum absolute atomic E-state index is 6.09. The fourth-order valence-electron chi connectivity index (χ4n) is 1.36. The normalized spacial score (nSPS) is 32.0. The van der Waals surface area contributed by atoms with E-state index in [-0.39, 0.29) is 5.38 Å². The number of thioether (sulfide) groups is 1. The predicted octanol–water partition coefficient (Wildman–Crippen LogP) is 4.60. The standard InChI is InChI=1S/C7H10Cl4S/c8-5-3-1-2-4-6(5)12-7(9,10)11/h5-6H,1-4H2. The van der Waals surface area contributed by atoms with Crippen molar-refractivity contribution in [2.45, 2.75) is 39.4 Å². The van der Waals surface area contributed by atoms with Crippen LogP contribution in [-0.2, 0) is 0 Å². The molecule has 5 heteroatoms. The highest BCUT2D eigenvalue weighted by Crippen LogP contribution is 2.46. The van der Waals surface area contributed by atoms with Crippen LogP contribution in [0.5, 0.6) is 0 Å². The molecule has 1 aliphatic rings. The van der Waals surface area contributed by atoms with Gasteiger partial charge in [0.25, 0.3) is 0 Å². The zero-order valence-electron chi connectivity index (χ0n) is 6.40. The maximum atomic E-state index is 6.09. The molecule has 0 aliphatic heterocycles. The van der Waals surface area contributed by atoms with Crippen molar-refractivity contribution in [2.75, 3.05) is 0 Å². The summed E-state index contributed by atoms with van der Waals surface area (Å²) >= 11 is 24.4. The first-order valence-electron chi connectivity index (χ1n) is 3.87. The third-order valence-electron chi connectivity index (χ3n) is 1.91. The molecule has 72 valence electrons. The monoisotopic (exact) mass is 266 g/mol. The molecule has 0 aromatic carbocycles. The highest BCUT2D eigenvalue weighted by molar-refractivity contribution is 8.05. The summed E-state index contributed by atoms with van der Waals surface area (Å²) in [7, 11) is 0. The largest absolute Gasteiger partial charge is 0.237 e. The van der Waals surface area contributed by atoms with Crippen LogP contribution in [0.3, 0.4) is 0 Å². The smallest absolute Gasteiger partial charge is 0.122 e. The van der Waals surface area contributed by atoms with Gasteiger partial charge in [0.2, 0.25) is 3.12 Å². The molecule has 0 aromatic heterocycles. The number of alkyl halides is 4. The molecule has 0 bridgehead atoms. The minimum atomic E-state index is -1.21. The fourth-order valence-corrected chi connectivity index (χ4v) is 3.73. The van der Waals surface area contributed by atoms with Crippen LogP contribution in [0, 0.1) is 0 Å². The Balaban J connectivity index is 2.39. The quantitative estimate of drug-likeness (QED) is 0.626. The summed E-state index contributed by atoms with van der Waals surface area (Å²) in [5, 5.41) is 0.465. The Labute approximate surface area is 97.3 Å². The average Bonchev–Trinajstić information content (AvgIpc) is 1.91. The van der Waals surface area contributed by atoms with E-state index < -0.39 is 3.12 Å². The lowest BCUT2D eigenvalue weighted by molar-refractivity contribution is 0.522. The van der Waals surface area contributed by atoms with Crippen molar-refractivity contribution < 1.29 is 0 Å². The van der Waals surface area contributed by atoms with Gasteiger partial charge in [-0.25, -0.2) is 0 Å². The van der Waals surface area contributed by atoms with Crippen molar-refractivity contribution in [1.82, 2.24) is 0 Å². The first-order chi connectivity index (χ1) is 5.49. The molecule has 1 rings (SSSR count). The molecule has 0 spiro atoms. The number of rotatable bonds is 1. The van der Waals surface area contributed by atoms with E-state index in [2.05, 4.69) is 0 Å². The summed E-state index contributed by atoms with van der Waals surface area (Å²) in [6, 6.07) is 0. The van der Waals surface area contributed by atoms with Gasteiger partial charge < -0.3 is 0 Å². The van der Waals surface area contributed by atoms with Gasteiger partial charge in [-0.2, -0.15) is 0 Å². The molecular formula is C7H10Cl4S. The summed E-state index contributed by atoms with van der Waals surface area (Å²) in [6.07, 6.45) is 4.50. The summed E-state index contributed by atoms with van der Waals surface area (Å²) in [5.74, 6) is 0. The van der Waals surface area contributed by atoms with E-state index in [9.17, 15) is 0 Å². The minimum absolute atomic E-state index is 0.166. The lowest BCUT2D eigenvalue weighted by Crippen LogP contribution is -2.24. The third-order valence-corrected chi connectivity index (χ3v) is 4.51. The lowest BCUT2D eigenvalue weighted by Gasteiger charge is -2.28. The fraction of sp³-hybridized carbons (Fsp3) is 1.00. The van der Waals surface area contributed by atoms with E-state index in [1.54, 1.807) is 0 Å². The summed E-state index contributed by atoms with van der Waals surface area (Å²) < 4.78 is -1.21. The van der Waals surface area contributed by atoms with Gasteiger partial charge in [0.05, 0.1) is 0 Å². The van der Waals surface area contributed by atoms with Crippen LogP contribution in [0.15, 0.2) is 0 Å². The molecule has 12 heavy (non-hydrogen) atoms. The van der Waals surface area contributed by atoms with E-state index in [4.69, 9.17) is 46.4 Å². The highest BCUT2D eigenvalue weighted by Gasteiger charge is 2.32. The molecule has 2 unspecified atom stereocenters. The molecule has 1 saturated carbocycles. The SMILES string of the molecule is ClC1CCCCC1SC(Cl)(Cl)Cl. The Morgan fingerprint density at radius 1 is 1.08 bits per heavy atom. The van der Waals surface area contributed by atoms with Gasteiger partial charge in [-0.3, -0.25) is 0 Å². The molecule has 0 N–H and O–H groups in total.